The van der Waals surface area contributed by atoms with E-state index >= 15 is 0 Å². The molecule has 0 aliphatic carbocycles. The van der Waals surface area contributed by atoms with Crippen LogP contribution in [0.2, 0.25) is 0 Å². The van der Waals surface area contributed by atoms with E-state index in [0.29, 0.717) is 6.61 Å². The first-order valence-electron chi connectivity index (χ1n) is 8.10. The number of nitrogens with one attached hydrogen (secondary N) is 1. The lowest BCUT2D eigenvalue weighted by Crippen LogP contribution is -2.52. The lowest BCUT2D eigenvalue weighted by molar-refractivity contribution is 0.0652. The van der Waals surface area contributed by atoms with Gasteiger partial charge in [-0.1, -0.05) is 0 Å². The normalized spacial score (nSPS) is 24.1. The SMILES string of the molecule is CC1CNCCN1C(=O)c1ccc(OCC2CCCO2)cc1.Cl. The molecule has 2 heterocycles. The van der Waals surface area contributed by atoms with Crippen molar-refractivity contribution in [2.45, 2.75) is 31.9 Å². The van der Waals surface area contributed by atoms with E-state index in [9.17, 15) is 4.79 Å². The number of hydrogen-bond donors (Lipinski definition) is 1. The van der Waals surface area contributed by atoms with E-state index in [2.05, 4.69) is 12.2 Å². The summed E-state index contributed by atoms with van der Waals surface area (Å²) < 4.78 is 11.3. The molecule has 0 spiro atoms. The number of nitrogens with zero attached hydrogens (tertiary/aromatic N) is 1. The van der Waals surface area contributed by atoms with Gasteiger partial charge in [-0.3, -0.25) is 4.79 Å². The maximum atomic E-state index is 12.5. The van der Waals surface area contributed by atoms with E-state index in [4.69, 9.17) is 9.47 Å². The smallest absolute Gasteiger partial charge is 0.254 e. The van der Waals surface area contributed by atoms with E-state index < -0.39 is 0 Å². The van der Waals surface area contributed by atoms with E-state index in [1.165, 1.54) is 0 Å². The molecular weight excluding hydrogens is 316 g/mol. The highest BCUT2D eigenvalue weighted by Gasteiger charge is 2.24. The van der Waals surface area contributed by atoms with E-state index in [-0.39, 0.29) is 30.5 Å². The highest BCUT2D eigenvalue weighted by Crippen LogP contribution is 2.18. The van der Waals surface area contributed by atoms with Crippen LogP contribution in [0.5, 0.6) is 5.75 Å². The Kier molecular flexibility index (Phi) is 6.69. The molecule has 0 bridgehead atoms. The van der Waals surface area contributed by atoms with Crippen LogP contribution in [0.15, 0.2) is 24.3 Å². The summed E-state index contributed by atoms with van der Waals surface area (Å²) in [5.41, 5.74) is 0.721. The average molecular weight is 341 g/mol. The van der Waals surface area contributed by atoms with Crippen molar-refractivity contribution in [1.82, 2.24) is 10.2 Å². The standard InChI is InChI=1S/C17H24N2O3.ClH/c1-13-11-18-8-9-19(13)17(20)14-4-6-15(7-5-14)22-12-16-3-2-10-21-16;/h4-7,13,16,18H,2-3,8-12H2,1H3;1H. The van der Waals surface area contributed by atoms with Crippen molar-refractivity contribution in [2.75, 3.05) is 32.8 Å². The first-order valence-corrected chi connectivity index (χ1v) is 8.10. The summed E-state index contributed by atoms with van der Waals surface area (Å²) in [6, 6.07) is 7.67. The van der Waals surface area contributed by atoms with Gasteiger partial charge in [0.05, 0.1) is 6.10 Å². The van der Waals surface area contributed by atoms with E-state index in [0.717, 1.165) is 50.4 Å². The zero-order valence-electron chi connectivity index (χ0n) is 13.5. The Balaban J connectivity index is 0.00000192. The lowest BCUT2D eigenvalue weighted by atomic mass is 10.1. The minimum atomic E-state index is 0. The van der Waals surface area contributed by atoms with Gasteiger partial charge in [0.25, 0.3) is 5.91 Å². The molecule has 2 fully saturated rings. The number of carbonyl (C=O) groups excluding carboxylic acids is 1. The molecule has 5 nitrogen and oxygen atoms in total. The molecule has 3 rings (SSSR count). The Morgan fingerprint density at radius 2 is 2.17 bits per heavy atom. The van der Waals surface area contributed by atoms with Crippen LogP contribution >= 0.6 is 12.4 Å². The van der Waals surface area contributed by atoms with E-state index in [1.54, 1.807) is 0 Å². The number of hydrogen-bond acceptors (Lipinski definition) is 4. The third-order valence-electron chi connectivity index (χ3n) is 4.32. The molecule has 2 aliphatic rings. The molecule has 2 aliphatic heterocycles. The van der Waals surface area contributed by atoms with Gasteiger partial charge in [0.1, 0.15) is 12.4 Å². The zero-order chi connectivity index (χ0) is 15.4. The van der Waals surface area contributed by atoms with Crippen LogP contribution in [0.25, 0.3) is 0 Å². The number of ether oxygens (including phenoxy) is 2. The summed E-state index contributed by atoms with van der Waals surface area (Å²) in [6.45, 7) is 5.97. The molecular formula is C17H25ClN2O3. The Labute approximate surface area is 143 Å². The predicted molar refractivity (Wildman–Crippen MR) is 91.5 cm³/mol. The molecule has 6 heteroatoms. The second-order valence-electron chi connectivity index (χ2n) is 6.02. The maximum absolute atomic E-state index is 12.5. The fourth-order valence-electron chi connectivity index (χ4n) is 2.97. The molecule has 1 N–H and O–H groups in total. The molecule has 2 atom stereocenters. The fraction of sp³-hybridized carbons (Fsp3) is 0.588. The number of carbonyl (C=O) groups is 1. The number of rotatable bonds is 4. The number of benzene rings is 1. The summed E-state index contributed by atoms with van der Waals surface area (Å²) in [4.78, 5) is 14.5. The van der Waals surface area contributed by atoms with Crippen molar-refractivity contribution < 1.29 is 14.3 Å². The van der Waals surface area contributed by atoms with Crippen molar-refractivity contribution in [1.29, 1.82) is 0 Å². The van der Waals surface area contributed by atoms with Gasteiger partial charge < -0.3 is 19.7 Å². The van der Waals surface area contributed by atoms with Crippen molar-refractivity contribution in [3.05, 3.63) is 29.8 Å². The summed E-state index contributed by atoms with van der Waals surface area (Å²) in [5.74, 6) is 0.889. The highest BCUT2D eigenvalue weighted by atomic mass is 35.5. The summed E-state index contributed by atoms with van der Waals surface area (Å²) in [6.07, 6.45) is 2.39. The van der Waals surface area contributed by atoms with Gasteiger partial charge in [-0.2, -0.15) is 0 Å². The number of amides is 1. The Morgan fingerprint density at radius 3 is 2.83 bits per heavy atom. The Morgan fingerprint density at radius 1 is 1.39 bits per heavy atom. The Bertz CT molecular complexity index is 503. The summed E-state index contributed by atoms with van der Waals surface area (Å²) in [5, 5.41) is 3.30. The lowest BCUT2D eigenvalue weighted by Gasteiger charge is -2.34. The minimum Gasteiger partial charge on any atom is -0.491 e. The molecule has 2 unspecified atom stereocenters. The van der Waals surface area contributed by atoms with Gasteiger partial charge in [-0.15, -0.1) is 12.4 Å². The number of piperazine rings is 1. The van der Waals surface area contributed by atoms with Crippen molar-refractivity contribution in [2.24, 2.45) is 0 Å². The monoisotopic (exact) mass is 340 g/mol. The van der Waals surface area contributed by atoms with Gasteiger partial charge >= 0.3 is 0 Å². The second-order valence-corrected chi connectivity index (χ2v) is 6.02. The molecule has 0 aromatic heterocycles. The average Bonchev–Trinajstić information content (AvgIpc) is 3.07. The van der Waals surface area contributed by atoms with Gasteiger partial charge in [-0.25, -0.2) is 0 Å². The van der Waals surface area contributed by atoms with Crippen molar-refractivity contribution >= 4 is 18.3 Å². The highest BCUT2D eigenvalue weighted by molar-refractivity contribution is 5.94. The van der Waals surface area contributed by atoms with Gasteiger partial charge in [0.2, 0.25) is 0 Å². The topological polar surface area (TPSA) is 50.8 Å². The Hall–Kier alpha value is -1.30. The van der Waals surface area contributed by atoms with Crippen LogP contribution in [0, 0.1) is 0 Å². The van der Waals surface area contributed by atoms with Crippen LogP contribution in [0.3, 0.4) is 0 Å². The largest absolute Gasteiger partial charge is 0.491 e. The minimum absolute atomic E-state index is 0. The maximum Gasteiger partial charge on any atom is 0.254 e. The molecule has 23 heavy (non-hydrogen) atoms. The molecule has 0 saturated carbocycles. The number of halogens is 1. The van der Waals surface area contributed by atoms with Gasteiger partial charge in [0, 0.05) is 37.8 Å². The first-order chi connectivity index (χ1) is 10.7. The molecule has 2 saturated heterocycles. The third kappa shape index (κ3) is 4.59. The molecule has 1 aromatic rings. The van der Waals surface area contributed by atoms with Crippen LogP contribution in [0.1, 0.15) is 30.1 Å². The van der Waals surface area contributed by atoms with Crippen LogP contribution in [0.4, 0.5) is 0 Å². The predicted octanol–water partition coefficient (Wildman–Crippen LogP) is 2.10. The quantitative estimate of drug-likeness (QED) is 0.912. The van der Waals surface area contributed by atoms with Crippen molar-refractivity contribution in [3.63, 3.8) is 0 Å². The van der Waals surface area contributed by atoms with Crippen molar-refractivity contribution in [3.8, 4) is 5.75 Å². The van der Waals surface area contributed by atoms with Crippen LogP contribution in [-0.4, -0.2) is 55.8 Å². The van der Waals surface area contributed by atoms with Crippen LogP contribution in [-0.2, 0) is 4.74 Å². The van der Waals surface area contributed by atoms with Gasteiger partial charge in [-0.05, 0) is 44.0 Å². The fourth-order valence-corrected chi connectivity index (χ4v) is 2.97. The molecule has 128 valence electrons. The van der Waals surface area contributed by atoms with Gasteiger partial charge in [0.15, 0.2) is 0 Å². The molecule has 1 aromatic carbocycles. The summed E-state index contributed by atoms with van der Waals surface area (Å²) in [7, 11) is 0. The molecule has 0 radical (unpaired) electrons. The second kappa shape index (κ2) is 8.52. The third-order valence-corrected chi connectivity index (χ3v) is 4.32. The molecule has 1 amide bonds. The van der Waals surface area contributed by atoms with E-state index in [1.807, 2.05) is 29.2 Å². The zero-order valence-corrected chi connectivity index (χ0v) is 14.3. The van der Waals surface area contributed by atoms with Crippen LogP contribution < -0.4 is 10.1 Å². The summed E-state index contributed by atoms with van der Waals surface area (Å²) >= 11 is 0. The first kappa shape index (κ1) is 18.0.